The van der Waals surface area contributed by atoms with Crippen LogP contribution in [0, 0.1) is 16.2 Å². The fraction of sp³-hybridized carbons (Fsp3) is 0.435. The van der Waals surface area contributed by atoms with Crippen molar-refractivity contribution in [2.45, 2.75) is 108 Å². The van der Waals surface area contributed by atoms with Gasteiger partial charge in [-0.2, -0.15) is 4.84 Å². The third kappa shape index (κ3) is 65.1. The molecule has 0 saturated heterocycles. The summed E-state index contributed by atoms with van der Waals surface area (Å²) in [6.07, 6.45) is 12.6. The third-order valence-corrected chi connectivity index (χ3v) is 13.4. The zero-order valence-corrected chi connectivity index (χ0v) is 67.6. The summed E-state index contributed by atoms with van der Waals surface area (Å²) in [5.74, 6) is -4.19. The second-order valence-corrected chi connectivity index (χ2v) is 31.3. The molecule has 1 amide bonds. The quantitative estimate of drug-likeness (QED) is 0.00881. The number of carbonyl (C=O) groups is 10. The monoisotopic (exact) mass is 1760 g/mol. The third-order valence-electron chi connectivity index (χ3n) is 13.4. The first-order valence-corrected chi connectivity index (χ1v) is 39.2. The van der Waals surface area contributed by atoms with Gasteiger partial charge in [-0.15, -0.1) is 0 Å². The van der Waals surface area contributed by atoms with Gasteiger partial charge >= 0.3 is 159 Å². The molecule has 0 aliphatic carbocycles. The predicted molar refractivity (Wildman–Crippen MR) is 383 cm³/mol. The van der Waals surface area contributed by atoms with Gasteiger partial charge in [-0.25, -0.2) is 33.6 Å². The molecular formula is C69H93F18N4O22P3. The summed E-state index contributed by atoms with van der Waals surface area (Å²) in [6, 6.07) is 19.4. The Labute approximate surface area is 654 Å². The average molecular weight is 1770 g/mol. The number of aromatic nitrogens is 3. The van der Waals surface area contributed by atoms with Crippen molar-refractivity contribution in [2.24, 2.45) is 16.2 Å². The molecular weight excluding hydrogens is 1670 g/mol. The van der Waals surface area contributed by atoms with Crippen molar-refractivity contribution in [3.63, 3.8) is 0 Å². The van der Waals surface area contributed by atoms with Gasteiger partial charge < -0.3 is 47.9 Å². The number of esters is 9. The number of carbonyl (C=O) groups excluding carboxylic acids is 10. The van der Waals surface area contributed by atoms with E-state index in [2.05, 4.69) is 36.4 Å². The van der Waals surface area contributed by atoms with Gasteiger partial charge in [-0.3, -0.25) is 24.1 Å². The summed E-state index contributed by atoms with van der Waals surface area (Å²) in [5, 5.41) is 2.54. The van der Waals surface area contributed by atoms with Crippen molar-refractivity contribution >= 4 is 83.2 Å². The summed E-state index contributed by atoms with van der Waals surface area (Å²) in [6.45, 7) is 34.9. The van der Waals surface area contributed by atoms with Crippen molar-refractivity contribution in [3.05, 3.63) is 165 Å². The van der Waals surface area contributed by atoms with Crippen LogP contribution in [-0.4, -0.2) is 139 Å². The summed E-state index contributed by atoms with van der Waals surface area (Å²) in [4.78, 5) is 132. The van der Waals surface area contributed by atoms with Gasteiger partial charge in [-0.05, 0) is 92.7 Å². The van der Waals surface area contributed by atoms with Crippen LogP contribution >= 0.6 is 23.4 Å². The normalized spacial score (nSPS) is 12.9. The van der Waals surface area contributed by atoms with Crippen molar-refractivity contribution < 1.29 is 195 Å². The van der Waals surface area contributed by atoms with E-state index >= 15 is 0 Å². The molecule has 0 fully saturated rings. The predicted octanol–water partition coefficient (Wildman–Crippen LogP) is 17.1. The zero-order chi connectivity index (χ0) is 91.0. The minimum absolute atomic E-state index is 0.0407. The van der Waals surface area contributed by atoms with Crippen LogP contribution in [0.2, 0.25) is 0 Å². The molecule has 0 radical (unpaired) electrons. The second-order valence-electron chi connectivity index (χ2n) is 25.5. The summed E-state index contributed by atoms with van der Waals surface area (Å²) in [7, 11) is -30.6. The Kier molecular flexibility index (Phi) is 41.4. The number of pyridine rings is 3. The van der Waals surface area contributed by atoms with Gasteiger partial charge in [0.15, 0.2) is 13.2 Å². The topological polar surface area (TPSA) is 305 Å². The molecule has 26 nitrogen and oxygen atoms in total. The van der Waals surface area contributed by atoms with Gasteiger partial charge in [-0.1, -0.05) is 77.4 Å². The van der Waals surface area contributed by atoms with E-state index in [0.717, 1.165) is 29.7 Å². The maximum atomic E-state index is 12.3. The van der Waals surface area contributed by atoms with Crippen LogP contribution in [0.15, 0.2) is 154 Å². The van der Waals surface area contributed by atoms with Crippen molar-refractivity contribution in [2.75, 3.05) is 73.2 Å². The fourth-order valence-corrected chi connectivity index (χ4v) is 6.23. The Bertz CT molecular complexity index is 3720. The van der Waals surface area contributed by atoms with Crippen LogP contribution in [0.5, 0.6) is 0 Å². The van der Waals surface area contributed by atoms with Crippen molar-refractivity contribution in [1.82, 2.24) is 5.32 Å². The fourth-order valence-electron chi connectivity index (χ4n) is 6.23. The van der Waals surface area contributed by atoms with Crippen LogP contribution in [0.25, 0.3) is 11.1 Å². The number of methoxy groups -OCH3 is 1. The maximum absolute atomic E-state index is 12.3. The molecule has 0 spiro atoms. The second kappa shape index (κ2) is 43.6. The van der Waals surface area contributed by atoms with Crippen LogP contribution in [0.1, 0.15) is 123 Å². The van der Waals surface area contributed by atoms with Crippen molar-refractivity contribution in [1.29, 1.82) is 0 Å². The van der Waals surface area contributed by atoms with E-state index < -0.39 is 81.7 Å². The Morgan fingerprint density at radius 1 is 0.397 bits per heavy atom. The van der Waals surface area contributed by atoms with Crippen molar-refractivity contribution in [3.8, 4) is 11.1 Å². The molecule has 4 aromatic rings. The summed E-state index contributed by atoms with van der Waals surface area (Å²) < 4.78 is 226. The molecule has 0 atom stereocenters. The molecule has 1 aromatic carbocycles. The number of ether oxygens (including phenoxy) is 9. The molecule has 0 unspecified atom stereocenters. The SMILES string of the molecule is C=C(C)C(=O)OCCOC(=O)c1cc[n+](OCCOC(=O)C(C)(C)CC)cc1.C=C(C)C(=O)OCCOC(=O)c1cc[n+](OCCOC(=O)C(C)(C)CC)cc1.C=CC(=O)OCC(C)(COC(=O)C=C)NC(=O)O[n+]1ccc(-c2ccccc2)cc1.CCC(C)(C)C(=O)OC.F[P-](F)(F)(F)(F)F.F[P-](F)(F)(F)(F)F.F[P-](F)(F)(F)(F)F. The standard InChI is InChI=1S/C22H22N2O6.2C20H28NO7.C7H14O2.3F6P/c1-4-19(25)28-15-22(3,16-29-20(26)5-2)23-21(27)30-24-13-11-18(12-14-24)17-9-7-6-8-10-17;2*1-6-20(4,5)19(24)27-13-14-28-21-9-7-16(8-10-21)18(23)26-12-11-25-17(22)15(2)3;1-5-7(2,3)6(8)9-4;3*1-7(2,3,4,5)6/h4-14H,1-2,15-16H2,3H3;2*7-10H,2,6,11-14H2,1,3-5H3;5H2,1-4H3;;;/q;2*+1;;3*-1/p+1. The van der Waals surface area contributed by atoms with Crippen LogP contribution < -0.4 is 34.0 Å². The summed E-state index contributed by atoms with van der Waals surface area (Å²) in [5.41, 5.74) is 0.599. The number of halogens is 18. The molecule has 3 heterocycles. The van der Waals surface area contributed by atoms with E-state index in [1.54, 1.807) is 24.5 Å². The first-order valence-electron chi connectivity index (χ1n) is 33.1. The number of hydrogen-bond acceptors (Lipinski definition) is 22. The number of nitrogens with zero attached hydrogens (tertiary/aromatic N) is 3. The number of nitrogens with one attached hydrogen (secondary N) is 1. The van der Waals surface area contributed by atoms with E-state index in [1.807, 2.05) is 92.6 Å². The van der Waals surface area contributed by atoms with Gasteiger partial charge in [0.05, 0.1) is 34.5 Å². The van der Waals surface area contributed by atoms with Crippen LogP contribution in [0.4, 0.5) is 80.3 Å². The number of hydrogen-bond donors (Lipinski definition) is 1. The number of amides is 1. The van der Waals surface area contributed by atoms with Crippen LogP contribution in [0.3, 0.4) is 0 Å². The Morgan fingerprint density at radius 3 is 0.948 bits per heavy atom. The molecule has 116 heavy (non-hydrogen) atoms. The van der Waals surface area contributed by atoms with Crippen LogP contribution in [-0.2, 0) is 76.2 Å². The molecule has 0 saturated carbocycles. The molecule has 1 N–H and O–H groups in total. The van der Waals surface area contributed by atoms with Gasteiger partial charge in [0, 0.05) is 73.9 Å². The molecule has 3 aromatic heterocycles. The Hall–Kier alpha value is -10.2. The van der Waals surface area contributed by atoms with E-state index in [4.69, 9.17) is 52.4 Å². The summed E-state index contributed by atoms with van der Waals surface area (Å²) >= 11 is 0. The molecule has 0 aliphatic heterocycles. The molecule has 4 rings (SSSR count). The molecule has 0 aliphatic rings. The minimum atomic E-state index is -10.7. The van der Waals surface area contributed by atoms with E-state index in [-0.39, 0.29) is 101 Å². The Morgan fingerprint density at radius 2 is 0.672 bits per heavy atom. The Balaban J connectivity index is -0.00000140. The number of rotatable bonds is 33. The average Bonchev–Trinajstić information content (AvgIpc) is 0.798. The molecule has 47 heteroatoms. The van der Waals surface area contributed by atoms with E-state index in [9.17, 15) is 123 Å². The van der Waals surface area contributed by atoms with E-state index in [1.165, 1.54) is 91.1 Å². The number of benzene rings is 1. The van der Waals surface area contributed by atoms with Gasteiger partial charge in [0.2, 0.25) is 37.2 Å². The van der Waals surface area contributed by atoms with Gasteiger partial charge in [0.25, 0.3) is 0 Å². The van der Waals surface area contributed by atoms with E-state index in [0.29, 0.717) is 24.0 Å². The van der Waals surface area contributed by atoms with Gasteiger partial charge in [0.1, 0.15) is 58.4 Å². The first kappa shape index (κ1) is 110. The molecule has 662 valence electrons. The first-order chi connectivity index (χ1) is 52.1. The molecule has 0 bridgehead atoms. The zero-order valence-electron chi connectivity index (χ0n) is 65.0.